The predicted octanol–water partition coefficient (Wildman–Crippen LogP) is 6.90. The van der Waals surface area contributed by atoms with Gasteiger partial charge in [-0.25, -0.2) is 0 Å². The summed E-state index contributed by atoms with van der Waals surface area (Å²) < 4.78 is 26.0. The Morgan fingerprint density at radius 1 is 0.738 bits per heavy atom. The van der Waals surface area contributed by atoms with E-state index in [2.05, 4.69) is 4.98 Å². The molecule has 0 unspecified atom stereocenters. The average Bonchev–Trinajstić information content (AvgIpc) is 3.61. The Morgan fingerprint density at radius 2 is 1.31 bits per heavy atom. The second-order valence-electron chi connectivity index (χ2n) is 10.3. The molecule has 1 N–H and O–H groups in total. The molecule has 6 rings (SSSR count). The number of nitro groups is 1. The Balaban J connectivity index is 1.30. The van der Waals surface area contributed by atoms with Gasteiger partial charge < -0.3 is 23.9 Å². The van der Waals surface area contributed by atoms with Crippen molar-refractivity contribution in [2.75, 3.05) is 6.61 Å². The van der Waals surface area contributed by atoms with E-state index >= 15 is 0 Å². The standard InChI is InChI=1S/C34H32N2O6/c37-36(38)27-16-17-28-29(19-35-30(28)18-27)32-34(41-22-26-14-8-3-9-15-26)33(40-21-25-12-6-2-7-13-25)31(42-32)23-39-20-24-10-4-1-5-11-24/h1-19,31-35H,20-23H2/t31-,32+,33-,34+/m1/s1. The summed E-state index contributed by atoms with van der Waals surface area (Å²) in [6.07, 6.45) is 0.0479. The van der Waals surface area contributed by atoms with Gasteiger partial charge >= 0.3 is 0 Å². The molecule has 0 radical (unpaired) electrons. The molecule has 1 aliphatic heterocycles. The van der Waals surface area contributed by atoms with Gasteiger partial charge in [0.05, 0.1) is 36.9 Å². The fourth-order valence-electron chi connectivity index (χ4n) is 5.38. The van der Waals surface area contributed by atoms with Crippen LogP contribution in [0.3, 0.4) is 0 Å². The van der Waals surface area contributed by atoms with Gasteiger partial charge in [-0.3, -0.25) is 10.1 Å². The van der Waals surface area contributed by atoms with Crippen molar-refractivity contribution in [2.45, 2.75) is 44.2 Å². The summed E-state index contributed by atoms with van der Waals surface area (Å²) >= 11 is 0. The smallest absolute Gasteiger partial charge is 0.271 e. The summed E-state index contributed by atoms with van der Waals surface area (Å²) in [6.45, 7) is 1.52. The summed E-state index contributed by atoms with van der Waals surface area (Å²) in [5.74, 6) is 0. The molecule has 0 bridgehead atoms. The minimum atomic E-state index is -0.491. The number of nitrogens with zero attached hydrogens (tertiary/aromatic N) is 1. The SMILES string of the molecule is O=[N+]([O-])c1ccc2c([C@@H]3O[C@H](COCc4ccccc4)[C@@H](OCc4ccccc4)[C@H]3OCc3ccccc3)c[nH]c2c1. The first-order valence-electron chi connectivity index (χ1n) is 14.0. The van der Waals surface area contributed by atoms with Crippen molar-refractivity contribution in [1.29, 1.82) is 0 Å². The Kier molecular flexibility index (Phi) is 8.67. The lowest BCUT2D eigenvalue weighted by Gasteiger charge is -2.25. The second-order valence-corrected chi connectivity index (χ2v) is 10.3. The molecule has 0 saturated carbocycles. The number of non-ortho nitro benzene ring substituents is 1. The maximum Gasteiger partial charge on any atom is 0.271 e. The van der Waals surface area contributed by atoms with Gasteiger partial charge in [0.25, 0.3) is 5.69 Å². The number of aromatic nitrogens is 1. The molecule has 4 aromatic carbocycles. The molecule has 8 nitrogen and oxygen atoms in total. The number of nitro benzene ring substituents is 1. The van der Waals surface area contributed by atoms with Crippen LogP contribution < -0.4 is 0 Å². The number of ether oxygens (including phenoxy) is 4. The molecule has 8 heteroatoms. The van der Waals surface area contributed by atoms with Crippen molar-refractivity contribution >= 4 is 16.6 Å². The normalized spacial score (nSPS) is 20.2. The van der Waals surface area contributed by atoms with Gasteiger partial charge in [0, 0.05) is 29.3 Å². The molecule has 42 heavy (non-hydrogen) atoms. The quantitative estimate of drug-likeness (QED) is 0.131. The summed E-state index contributed by atoms with van der Waals surface area (Å²) in [5, 5.41) is 12.2. The van der Waals surface area contributed by atoms with Crippen molar-refractivity contribution in [3.8, 4) is 0 Å². The highest BCUT2D eigenvalue weighted by atomic mass is 16.6. The molecule has 0 aliphatic carbocycles. The fourth-order valence-corrected chi connectivity index (χ4v) is 5.38. The number of fused-ring (bicyclic) bond motifs is 1. The summed E-state index contributed by atoms with van der Waals surface area (Å²) in [5.41, 5.74) is 4.70. The van der Waals surface area contributed by atoms with E-state index in [1.807, 2.05) is 97.2 Å². The van der Waals surface area contributed by atoms with Crippen LogP contribution in [0.1, 0.15) is 28.4 Å². The molecule has 1 fully saturated rings. The van der Waals surface area contributed by atoms with Crippen LogP contribution >= 0.6 is 0 Å². The zero-order valence-electron chi connectivity index (χ0n) is 23.0. The number of aromatic amines is 1. The first-order valence-corrected chi connectivity index (χ1v) is 14.0. The number of rotatable bonds is 12. The van der Waals surface area contributed by atoms with Gasteiger partial charge in [0.15, 0.2) is 0 Å². The molecule has 214 valence electrons. The van der Waals surface area contributed by atoms with Gasteiger partial charge in [0.2, 0.25) is 0 Å². The van der Waals surface area contributed by atoms with Crippen LogP contribution in [0.25, 0.3) is 10.9 Å². The van der Waals surface area contributed by atoms with Crippen LogP contribution in [0.5, 0.6) is 0 Å². The van der Waals surface area contributed by atoms with Gasteiger partial charge in [-0.15, -0.1) is 0 Å². The average molecular weight is 565 g/mol. The first kappa shape index (κ1) is 27.8. The monoisotopic (exact) mass is 564 g/mol. The Hall–Kier alpha value is -4.34. The number of H-pyrrole nitrogens is 1. The molecule has 0 spiro atoms. The van der Waals surface area contributed by atoms with Crippen LogP contribution in [-0.4, -0.2) is 34.8 Å². The van der Waals surface area contributed by atoms with E-state index in [9.17, 15) is 10.1 Å². The molecular formula is C34H32N2O6. The Bertz CT molecular complexity index is 1590. The van der Waals surface area contributed by atoms with Crippen LogP contribution in [0.4, 0.5) is 5.69 Å². The van der Waals surface area contributed by atoms with Crippen molar-refractivity contribution in [2.24, 2.45) is 0 Å². The van der Waals surface area contributed by atoms with Crippen LogP contribution in [0.15, 0.2) is 115 Å². The number of nitrogens with one attached hydrogen (secondary N) is 1. The lowest BCUT2D eigenvalue weighted by Crippen LogP contribution is -2.37. The Labute approximate surface area is 244 Å². The first-order chi connectivity index (χ1) is 20.7. The summed E-state index contributed by atoms with van der Waals surface area (Å²) in [6, 6.07) is 34.8. The van der Waals surface area contributed by atoms with E-state index in [0.29, 0.717) is 31.9 Å². The maximum absolute atomic E-state index is 11.4. The molecule has 2 heterocycles. The van der Waals surface area contributed by atoms with Crippen LogP contribution in [-0.2, 0) is 38.8 Å². The molecule has 1 saturated heterocycles. The third-order valence-corrected chi connectivity index (χ3v) is 7.49. The topological polar surface area (TPSA) is 95.9 Å². The third-order valence-electron chi connectivity index (χ3n) is 7.49. The van der Waals surface area contributed by atoms with Gasteiger partial charge in [0.1, 0.15) is 24.4 Å². The minimum absolute atomic E-state index is 0.0244. The molecule has 5 aromatic rings. The highest BCUT2D eigenvalue weighted by Crippen LogP contribution is 2.41. The zero-order chi connectivity index (χ0) is 28.7. The largest absolute Gasteiger partial charge is 0.374 e. The van der Waals surface area contributed by atoms with E-state index < -0.39 is 29.3 Å². The molecule has 1 aliphatic rings. The predicted molar refractivity (Wildman–Crippen MR) is 159 cm³/mol. The van der Waals surface area contributed by atoms with Crippen molar-refractivity contribution in [3.63, 3.8) is 0 Å². The van der Waals surface area contributed by atoms with Crippen molar-refractivity contribution in [3.05, 3.63) is 148 Å². The molecular weight excluding hydrogens is 532 g/mol. The van der Waals surface area contributed by atoms with Gasteiger partial charge in [-0.2, -0.15) is 0 Å². The minimum Gasteiger partial charge on any atom is -0.374 e. The lowest BCUT2D eigenvalue weighted by atomic mass is 10.00. The van der Waals surface area contributed by atoms with Crippen LogP contribution in [0, 0.1) is 10.1 Å². The highest BCUT2D eigenvalue weighted by Gasteiger charge is 2.48. The van der Waals surface area contributed by atoms with Gasteiger partial charge in [-0.1, -0.05) is 91.0 Å². The second kappa shape index (κ2) is 13.1. The van der Waals surface area contributed by atoms with Crippen molar-refractivity contribution in [1.82, 2.24) is 4.98 Å². The third kappa shape index (κ3) is 6.42. The van der Waals surface area contributed by atoms with Gasteiger partial charge in [-0.05, 0) is 22.8 Å². The van der Waals surface area contributed by atoms with E-state index in [4.69, 9.17) is 18.9 Å². The van der Waals surface area contributed by atoms with E-state index in [1.54, 1.807) is 6.07 Å². The number of benzene rings is 4. The van der Waals surface area contributed by atoms with Crippen LogP contribution in [0.2, 0.25) is 0 Å². The van der Waals surface area contributed by atoms with E-state index in [0.717, 1.165) is 27.6 Å². The van der Waals surface area contributed by atoms with Crippen molar-refractivity contribution < 1.29 is 23.9 Å². The summed E-state index contributed by atoms with van der Waals surface area (Å²) in [4.78, 5) is 14.2. The number of hydrogen-bond acceptors (Lipinski definition) is 6. The van der Waals surface area contributed by atoms with E-state index in [-0.39, 0.29) is 5.69 Å². The Morgan fingerprint density at radius 3 is 1.90 bits per heavy atom. The highest BCUT2D eigenvalue weighted by molar-refractivity contribution is 5.85. The molecule has 1 aromatic heterocycles. The maximum atomic E-state index is 11.4. The number of hydrogen-bond donors (Lipinski definition) is 1. The fraction of sp³-hybridized carbons (Fsp3) is 0.235. The summed E-state index contributed by atoms with van der Waals surface area (Å²) in [7, 11) is 0. The molecule has 0 amide bonds. The zero-order valence-corrected chi connectivity index (χ0v) is 23.0. The van der Waals surface area contributed by atoms with E-state index in [1.165, 1.54) is 12.1 Å². The lowest BCUT2D eigenvalue weighted by molar-refractivity contribution is -0.384. The molecule has 4 atom stereocenters.